The van der Waals surface area contributed by atoms with Crippen LogP contribution in [0, 0.1) is 28.6 Å². The summed E-state index contributed by atoms with van der Waals surface area (Å²) in [6.45, 7) is 3.92. The van der Waals surface area contributed by atoms with Crippen LogP contribution in [0.5, 0.6) is 0 Å². The minimum absolute atomic E-state index is 0.0481. The largest absolute Gasteiger partial charge is 0.472 e. The molecule has 1 unspecified atom stereocenters. The highest BCUT2D eigenvalue weighted by Gasteiger charge is 2.67. The Hall–Kier alpha value is -2.19. The van der Waals surface area contributed by atoms with Crippen molar-refractivity contribution >= 4 is 17.7 Å². The summed E-state index contributed by atoms with van der Waals surface area (Å²) in [7, 11) is 2.85. The van der Waals surface area contributed by atoms with Crippen molar-refractivity contribution in [3.8, 4) is 0 Å². The predicted molar refractivity (Wildman–Crippen MR) is 106 cm³/mol. The van der Waals surface area contributed by atoms with Gasteiger partial charge in [0.25, 0.3) is 0 Å². The van der Waals surface area contributed by atoms with Gasteiger partial charge in [0.2, 0.25) is 0 Å². The Labute approximate surface area is 181 Å². The van der Waals surface area contributed by atoms with Crippen LogP contribution in [0.2, 0.25) is 0 Å². The SMILES string of the molecule is COCO[C@H]1C[C@@H](C(=O)OC)[C@]2(C)CC[C@@H]3C(=O)O[C@H](c4ccoc4)C[C@]3(C)C2C1=O. The minimum Gasteiger partial charge on any atom is -0.472 e. The molecule has 0 bridgehead atoms. The molecule has 31 heavy (non-hydrogen) atoms. The maximum atomic E-state index is 13.8. The molecule has 8 heteroatoms. The number of methoxy groups -OCH3 is 2. The van der Waals surface area contributed by atoms with Gasteiger partial charge in [-0.2, -0.15) is 0 Å². The zero-order valence-electron chi connectivity index (χ0n) is 18.4. The van der Waals surface area contributed by atoms with Crippen molar-refractivity contribution in [3.05, 3.63) is 24.2 Å². The molecular formula is C23H30O8. The van der Waals surface area contributed by atoms with Gasteiger partial charge < -0.3 is 23.4 Å². The molecule has 2 aliphatic carbocycles. The Bertz CT molecular complexity index is 848. The average molecular weight is 434 g/mol. The fourth-order valence-corrected chi connectivity index (χ4v) is 6.46. The number of Topliss-reactive ketones (excluding diaryl/α,β-unsaturated/α-hetero) is 1. The number of carbonyl (C=O) groups excluding carboxylic acids is 3. The molecule has 7 atom stereocenters. The fourth-order valence-electron chi connectivity index (χ4n) is 6.46. The number of ether oxygens (including phenoxy) is 4. The molecule has 1 aromatic heterocycles. The molecule has 3 fully saturated rings. The first-order valence-electron chi connectivity index (χ1n) is 10.7. The first kappa shape index (κ1) is 22.0. The lowest BCUT2D eigenvalue weighted by atomic mass is 9.43. The van der Waals surface area contributed by atoms with Crippen LogP contribution in [0.1, 0.15) is 51.2 Å². The molecule has 170 valence electrons. The molecule has 0 amide bonds. The molecular weight excluding hydrogens is 404 g/mol. The third kappa shape index (κ3) is 3.40. The van der Waals surface area contributed by atoms with Crippen LogP contribution in [0.4, 0.5) is 0 Å². The van der Waals surface area contributed by atoms with Gasteiger partial charge >= 0.3 is 11.9 Å². The molecule has 3 aliphatic rings. The number of furan rings is 1. The van der Waals surface area contributed by atoms with Gasteiger partial charge in [-0.15, -0.1) is 0 Å². The normalized spacial score (nSPS) is 39.9. The second-order valence-corrected chi connectivity index (χ2v) is 9.50. The summed E-state index contributed by atoms with van der Waals surface area (Å²) >= 11 is 0. The number of hydrogen-bond donors (Lipinski definition) is 0. The molecule has 1 aliphatic heterocycles. The summed E-state index contributed by atoms with van der Waals surface area (Å²) in [5, 5.41) is 0. The topological polar surface area (TPSA) is 101 Å². The average Bonchev–Trinajstić information content (AvgIpc) is 3.26. The second-order valence-electron chi connectivity index (χ2n) is 9.50. The maximum absolute atomic E-state index is 13.8. The van der Waals surface area contributed by atoms with E-state index in [1.54, 1.807) is 12.3 Å². The summed E-state index contributed by atoms with van der Waals surface area (Å²) in [5.41, 5.74) is -0.566. The number of carbonyl (C=O) groups is 3. The van der Waals surface area contributed by atoms with Crippen molar-refractivity contribution in [1.29, 1.82) is 0 Å². The number of esters is 2. The number of fused-ring (bicyclic) bond motifs is 3. The Morgan fingerprint density at radius 1 is 1.23 bits per heavy atom. The minimum atomic E-state index is -0.789. The van der Waals surface area contributed by atoms with Crippen molar-refractivity contribution in [2.75, 3.05) is 21.0 Å². The molecule has 1 saturated heterocycles. The lowest BCUT2D eigenvalue weighted by Crippen LogP contribution is -2.64. The van der Waals surface area contributed by atoms with Crippen LogP contribution < -0.4 is 0 Å². The Morgan fingerprint density at radius 2 is 2.00 bits per heavy atom. The van der Waals surface area contributed by atoms with Gasteiger partial charge in [-0.1, -0.05) is 13.8 Å². The van der Waals surface area contributed by atoms with E-state index in [0.717, 1.165) is 5.56 Å². The maximum Gasteiger partial charge on any atom is 0.310 e. The van der Waals surface area contributed by atoms with Crippen LogP contribution >= 0.6 is 0 Å². The van der Waals surface area contributed by atoms with Crippen LogP contribution in [-0.4, -0.2) is 44.8 Å². The summed E-state index contributed by atoms with van der Waals surface area (Å²) in [5.74, 6) is -2.21. The molecule has 0 radical (unpaired) electrons. The molecule has 0 spiro atoms. The van der Waals surface area contributed by atoms with Gasteiger partial charge in [-0.05, 0) is 42.6 Å². The van der Waals surface area contributed by atoms with Crippen molar-refractivity contribution < 1.29 is 37.7 Å². The van der Waals surface area contributed by atoms with E-state index in [9.17, 15) is 14.4 Å². The van der Waals surface area contributed by atoms with Crippen LogP contribution in [0.25, 0.3) is 0 Å². The Kier molecular flexibility index (Phi) is 5.72. The highest BCUT2D eigenvalue weighted by molar-refractivity contribution is 5.92. The summed E-state index contributed by atoms with van der Waals surface area (Å²) < 4.78 is 26.8. The van der Waals surface area contributed by atoms with Crippen molar-refractivity contribution in [2.45, 2.75) is 51.7 Å². The van der Waals surface area contributed by atoms with Gasteiger partial charge in [0.1, 0.15) is 19.0 Å². The van der Waals surface area contributed by atoms with Gasteiger partial charge in [-0.25, -0.2) is 0 Å². The van der Waals surface area contributed by atoms with E-state index in [4.69, 9.17) is 23.4 Å². The summed E-state index contributed by atoms with van der Waals surface area (Å²) in [4.78, 5) is 39.6. The van der Waals surface area contributed by atoms with E-state index in [2.05, 4.69) is 0 Å². The zero-order chi connectivity index (χ0) is 22.4. The fraction of sp³-hybridized carbons (Fsp3) is 0.696. The van der Waals surface area contributed by atoms with E-state index in [1.807, 2.05) is 13.8 Å². The van der Waals surface area contributed by atoms with Crippen LogP contribution in [0.15, 0.2) is 23.0 Å². The van der Waals surface area contributed by atoms with Gasteiger partial charge in [0.05, 0.1) is 31.5 Å². The van der Waals surface area contributed by atoms with Crippen LogP contribution in [-0.2, 0) is 33.3 Å². The Morgan fingerprint density at radius 3 is 2.65 bits per heavy atom. The zero-order valence-corrected chi connectivity index (χ0v) is 18.4. The number of ketones is 1. The van der Waals surface area contributed by atoms with Gasteiger partial charge in [0, 0.05) is 18.6 Å². The van der Waals surface area contributed by atoms with Crippen molar-refractivity contribution in [3.63, 3.8) is 0 Å². The predicted octanol–water partition coefficient (Wildman–Crippen LogP) is 3.06. The molecule has 2 heterocycles. The monoisotopic (exact) mass is 434 g/mol. The third-order valence-corrected chi connectivity index (χ3v) is 7.89. The first-order chi connectivity index (χ1) is 14.8. The molecule has 1 aromatic rings. The van der Waals surface area contributed by atoms with Crippen molar-refractivity contribution in [1.82, 2.24) is 0 Å². The third-order valence-electron chi connectivity index (χ3n) is 7.89. The van der Waals surface area contributed by atoms with Gasteiger partial charge in [-0.3, -0.25) is 14.4 Å². The van der Waals surface area contributed by atoms with E-state index in [1.165, 1.54) is 20.5 Å². The molecule has 0 aromatic carbocycles. The van der Waals surface area contributed by atoms with Crippen molar-refractivity contribution in [2.24, 2.45) is 28.6 Å². The van der Waals surface area contributed by atoms with E-state index in [-0.39, 0.29) is 30.9 Å². The molecule has 2 saturated carbocycles. The Balaban J connectivity index is 1.77. The highest BCUT2D eigenvalue weighted by atomic mass is 16.7. The quantitative estimate of drug-likeness (QED) is 0.515. The smallest absolute Gasteiger partial charge is 0.310 e. The van der Waals surface area contributed by atoms with E-state index in [0.29, 0.717) is 19.3 Å². The highest BCUT2D eigenvalue weighted by Crippen LogP contribution is 2.65. The second kappa shape index (κ2) is 8.06. The molecule has 4 rings (SSSR count). The molecule has 0 N–H and O–H groups in total. The number of rotatable bonds is 5. The van der Waals surface area contributed by atoms with E-state index < -0.39 is 40.8 Å². The van der Waals surface area contributed by atoms with Crippen LogP contribution in [0.3, 0.4) is 0 Å². The lowest BCUT2D eigenvalue weighted by Gasteiger charge is -2.61. The standard InChI is InChI=1S/C23H30O8/c1-22-7-5-14-21(26)31-17(13-6-8-29-11-13)10-23(14,2)19(22)18(24)16(30-12-27-3)9-15(22)20(25)28-4/h6,8,11,14-17,19H,5,7,9-10,12H2,1-4H3/t14-,15+,16+,17+,19?,22+,23+/m1/s1. The molecule has 8 nitrogen and oxygen atoms in total. The number of hydrogen-bond acceptors (Lipinski definition) is 8. The van der Waals surface area contributed by atoms with E-state index >= 15 is 0 Å². The first-order valence-corrected chi connectivity index (χ1v) is 10.7. The summed E-state index contributed by atoms with van der Waals surface area (Å²) in [6, 6.07) is 1.77. The summed E-state index contributed by atoms with van der Waals surface area (Å²) in [6.07, 6.45) is 3.65. The lowest BCUT2D eigenvalue weighted by molar-refractivity contribution is -0.213. The van der Waals surface area contributed by atoms with Gasteiger partial charge in [0.15, 0.2) is 5.78 Å². The number of cyclic esters (lactones) is 1.